The first-order valence-electron chi connectivity index (χ1n) is 5.63. The van der Waals surface area contributed by atoms with Gasteiger partial charge < -0.3 is 5.32 Å². The molecule has 1 aliphatic carbocycles. The zero-order valence-electron chi connectivity index (χ0n) is 9.35. The molecule has 15 heavy (non-hydrogen) atoms. The van der Waals surface area contributed by atoms with Crippen molar-refractivity contribution < 1.29 is 13.6 Å². The molecule has 1 aliphatic rings. The summed E-state index contributed by atoms with van der Waals surface area (Å²) in [5, 5.41) is 2.71. The first-order valence-corrected chi connectivity index (χ1v) is 5.63. The predicted octanol–water partition coefficient (Wildman–Crippen LogP) is 2.73. The lowest BCUT2D eigenvalue weighted by Gasteiger charge is -2.30. The van der Waals surface area contributed by atoms with E-state index in [9.17, 15) is 13.6 Å². The van der Waals surface area contributed by atoms with Crippen LogP contribution in [0, 0.1) is 5.92 Å². The lowest BCUT2D eigenvalue weighted by Crippen LogP contribution is -2.43. The number of rotatable bonds is 3. The minimum absolute atomic E-state index is 0.0390. The van der Waals surface area contributed by atoms with Crippen molar-refractivity contribution in [3.05, 3.63) is 0 Å². The summed E-state index contributed by atoms with van der Waals surface area (Å²) in [7, 11) is 0. The molecular formula is C11H19F2NO. The molecule has 0 bridgehead atoms. The highest BCUT2D eigenvalue weighted by Crippen LogP contribution is 2.33. The van der Waals surface area contributed by atoms with Crippen LogP contribution in [0.25, 0.3) is 0 Å². The fourth-order valence-corrected chi connectivity index (χ4v) is 1.82. The number of carbonyl (C=O) groups excluding carboxylic acids is 1. The van der Waals surface area contributed by atoms with Crippen LogP contribution >= 0.6 is 0 Å². The zero-order valence-corrected chi connectivity index (χ0v) is 9.35. The Morgan fingerprint density at radius 3 is 2.80 bits per heavy atom. The van der Waals surface area contributed by atoms with E-state index in [4.69, 9.17) is 0 Å². The Labute approximate surface area is 89.4 Å². The molecule has 88 valence electrons. The third-order valence-corrected chi connectivity index (χ3v) is 3.05. The minimum atomic E-state index is -2.59. The topological polar surface area (TPSA) is 29.1 Å². The summed E-state index contributed by atoms with van der Waals surface area (Å²) in [6.45, 7) is 3.73. The van der Waals surface area contributed by atoms with Crippen molar-refractivity contribution >= 4 is 5.91 Å². The monoisotopic (exact) mass is 219 g/mol. The maximum absolute atomic E-state index is 13.0. The third-order valence-electron chi connectivity index (χ3n) is 3.05. The molecule has 0 spiro atoms. The van der Waals surface area contributed by atoms with E-state index >= 15 is 0 Å². The Morgan fingerprint density at radius 1 is 1.60 bits per heavy atom. The van der Waals surface area contributed by atoms with Gasteiger partial charge in [0, 0.05) is 24.8 Å². The third kappa shape index (κ3) is 3.76. The first kappa shape index (κ1) is 12.4. The van der Waals surface area contributed by atoms with Gasteiger partial charge in [0.2, 0.25) is 11.8 Å². The molecule has 0 aliphatic heterocycles. The summed E-state index contributed by atoms with van der Waals surface area (Å²) in [6.07, 6.45) is 1.68. The molecule has 1 N–H and O–H groups in total. The summed E-state index contributed by atoms with van der Waals surface area (Å²) in [6, 6.07) is -0.338. The van der Waals surface area contributed by atoms with Crippen LogP contribution in [0.1, 0.15) is 46.0 Å². The van der Waals surface area contributed by atoms with Gasteiger partial charge in [0.25, 0.3) is 0 Å². The number of nitrogens with one attached hydrogen (secondary N) is 1. The van der Waals surface area contributed by atoms with Crippen molar-refractivity contribution in [2.75, 3.05) is 0 Å². The van der Waals surface area contributed by atoms with E-state index in [2.05, 4.69) is 5.32 Å². The van der Waals surface area contributed by atoms with Gasteiger partial charge in [-0.05, 0) is 19.3 Å². The number of carbonyl (C=O) groups is 1. The quantitative estimate of drug-likeness (QED) is 0.777. The molecule has 0 aromatic heterocycles. The summed E-state index contributed by atoms with van der Waals surface area (Å²) >= 11 is 0. The van der Waals surface area contributed by atoms with Gasteiger partial charge in [-0.25, -0.2) is 8.78 Å². The molecule has 1 saturated carbocycles. The second kappa shape index (κ2) is 4.90. The van der Waals surface area contributed by atoms with Gasteiger partial charge in [-0.1, -0.05) is 13.8 Å². The van der Waals surface area contributed by atoms with Crippen molar-refractivity contribution in [3.8, 4) is 0 Å². The maximum Gasteiger partial charge on any atom is 0.250 e. The van der Waals surface area contributed by atoms with Crippen LogP contribution in [0.15, 0.2) is 0 Å². The molecule has 0 aromatic carbocycles. The van der Waals surface area contributed by atoms with E-state index in [1.807, 2.05) is 13.8 Å². The smallest absolute Gasteiger partial charge is 0.250 e. The van der Waals surface area contributed by atoms with Gasteiger partial charge >= 0.3 is 0 Å². The number of halogens is 2. The summed E-state index contributed by atoms with van der Waals surface area (Å²) < 4.78 is 26.1. The highest BCUT2D eigenvalue weighted by Gasteiger charge is 2.36. The van der Waals surface area contributed by atoms with Gasteiger partial charge in [-0.15, -0.1) is 0 Å². The van der Waals surface area contributed by atoms with Crippen molar-refractivity contribution in [2.45, 2.75) is 57.9 Å². The molecule has 0 unspecified atom stereocenters. The maximum atomic E-state index is 13.0. The fourth-order valence-electron chi connectivity index (χ4n) is 1.82. The Balaban J connectivity index is 2.41. The van der Waals surface area contributed by atoms with Gasteiger partial charge in [0.05, 0.1) is 0 Å². The van der Waals surface area contributed by atoms with Gasteiger partial charge in [-0.2, -0.15) is 0 Å². The van der Waals surface area contributed by atoms with Gasteiger partial charge in [0.1, 0.15) is 0 Å². The second-order valence-electron chi connectivity index (χ2n) is 4.47. The second-order valence-corrected chi connectivity index (χ2v) is 4.47. The minimum Gasteiger partial charge on any atom is -0.353 e. The number of alkyl halides is 2. The molecule has 4 heteroatoms. The van der Waals surface area contributed by atoms with E-state index in [0.717, 1.165) is 6.42 Å². The number of amides is 1. The van der Waals surface area contributed by atoms with Crippen LogP contribution in [0.3, 0.4) is 0 Å². The molecular weight excluding hydrogens is 200 g/mol. The molecule has 1 fully saturated rings. The average Bonchev–Trinajstić information content (AvgIpc) is 2.14. The van der Waals surface area contributed by atoms with Crippen molar-refractivity contribution in [1.82, 2.24) is 5.32 Å². The van der Waals surface area contributed by atoms with Crippen LogP contribution in [-0.4, -0.2) is 17.9 Å². The van der Waals surface area contributed by atoms with Crippen LogP contribution in [0.5, 0.6) is 0 Å². The van der Waals surface area contributed by atoms with E-state index in [0.29, 0.717) is 12.8 Å². The summed E-state index contributed by atoms with van der Waals surface area (Å²) in [4.78, 5) is 11.5. The largest absolute Gasteiger partial charge is 0.353 e. The Kier molecular flexibility index (Phi) is 4.05. The molecule has 1 amide bonds. The van der Waals surface area contributed by atoms with E-state index in [-0.39, 0.29) is 30.7 Å². The van der Waals surface area contributed by atoms with E-state index < -0.39 is 5.92 Å². The summed E-state index contributed by atoms with van der Waals surface area (Å²) in [5.41, 5.74) is 0. The van der Waals surface area contributed by atoms with E-state index in [1.54, 1.807) is 0 Å². The zero-order chi connectivity index (χ0) is 11.5. The first-order chi connectivity index (χ1) is 6.94. The van der Waals surface area contributed by atoms with Crippen LogP contribution in [0.4, 0.5) is 8.78 Å². The lowest BCUT2D eigenvalue weighted by atomic mass is 9.91. The number of hydrogen-bond donors (Lipinski definition) is 1. The van der Waals surface area contributed by atoms with Crippen molar-refractivity contribution in [3.63, 3.8) is 0 Å². The van der Waals surface area contributed by atoms with Crippen LogP contribution in [-0.2, 0) is 4.79 Å². The van der Waals surface area contributed by atoms with Crippen molar-refractivity contribution in [1.29, 1.82) is 0 Å². The fraction of sp³-hybridized carbons (Fsp3) is 0.909. The molecule has 0 radical (unpaired) electrons. The normalized spacial score (nSPS) is 27.1. The van der Waals surface area contributed by atoms with Crippen molar-refractivity contribution in [2.24, 2.45) is 5.92 Å². The Bertz CT molecular complexity index is 231. The van der Waals surface area contributed by atoms with Gasteiger partial charge in [0.15, 0.2) is 0 Å². The Hall–Kier alpha value is -0.670. The van der Waals surface area contributed by atoms with Crippen LogP contribution < -0.4 is 5.32 Å². The molecule has 2 nitrogen and oxygen atoms in total. The van der Waals surface area contributed by atoms with Crippen LogP contribution in [0.2, 0.25) is 0 Å². The average molecular weight is 219 g/mol. The van der Waals surface area contributed by atoms with Gasteiger partial charge in [-0.3, -0.25) is 4.79 Å². The molecule has 1 rings (SSSR count). The SMILES string of the molecule is CC[C@H](C)C(=O)N[C@H]1CCCC(F)(F)C1. The molecule has 2 atom stereocenters. The standard InChI is InChI=1S/C11H19F2NO/c1-3-8(2)10(15)14-9-5-4-6-11(12,13)7-9/h8-9H,3-7H2,1-2H3,(H,14,15)/t8-,9-/m0/s1. The summed E-state index contributed by atoms with van der Waals surface area (Å²) in [5.74, 6) is -2.77. The van der Waals surface area contributed by atoms with E-state index in [1.165, 1.54) is 0 Å². The lowest BCUT2D eigenvalue weighted by molar-refractivity contribution is -0.126. The molecule has 0 aromatic rings. The number of hydrogen-bond acceptors (Lipinski definition) is 1. The molecule has 0 saturated heterocycles. The predicted molar refractivity (Wildman–Crippen MR) is 54.8 cm³/mol. The Morgan fingerprint density at radius 2 is 2.27 bits per heavy atom. The highest BCUT2D eigenvalue weighted by atomic mass is 19.3. The highest BCUT2D eigenvalue weighted by molar-refractivity contribution is 5.78. The molecule has 0 heterocycles.